The molecule has 0 bridgehead atoms. The van der Waals surface area contributed by atoms with Gasteiger partial charge >= 0.3 is 0 Å². The fourth-order valence-corrected chi connectivity index (χ4v) is 1.51. The minimum atomic E-state index is 0.156. The zero-order chi connectivity index (χ0) is 11.3. The molecule has 0 heterocycles. The van der Waals surface area contributed by atoms with E-state index < -0.39 is 0 Å². The summed E-state index contributed by atoms with van der Waals surface area (Å²) in [7, 11) is 2.05. The van der Waals surface area contributed by atoms with Crippen LogP contribution in [0.4, 0.5) is 5.69 Å². The molecule has 0 saturated carbocycles. The van der Waals surface area contributed by atoms with Crippen LogP contribution in [0, 0.1) is 0 Å². The second kappa shape index (κ2) is 5.56. The van der Waals surface area contributed by atoms with Crippen molar-refractivity contribution in [2.45, 2.75) is 19.4 Å². The Morgan fingerprint density at radius 1 is 1.40 bits per heavy atom. The summed E-state index contributed by atoms with van der Waals surface area (Å²) >= 11 is 0. The van der Waals surface area contributed by atoms with Crippen molar-refractivity contribution in [2.75, 3.05) is 18.5 Å². The van der Waals surface area contributed by atoms with E-state index in [-0.39, 0.29) is 6.04 Å². The largest absolute Gasteiger partial charge is 0.371 e. The number of rotatable bonds is 5. The molecule has 0 aliphatic carbocycles. The molecule has 1 atom stereocenters. The number of hydrogen-bond donors (Lipinski definition) is 1. The first-order valence-electron chi connectivity index (χ1n) is 5.36. The second-order valence-electron chi connectivity index (χ2n) is 3.78. The van der Waals surface area contributed by atoms with Crippen LogP contribution in [0.5, 0.6) is 0 Å². The van der Waals surface area contributed by atoms with E-state index in [0.717, 1.165) is 13.0 Å². The summed E-state index contributed by atoms with van der Waals surface area (Å²) in [6.45, 7) is 6.68. The first-order valence-corrected chi connectivity index (χ1v) is 5.36. The van der Waals surface area contributed by atoms with Gasteiger partial charge in [-0.2, -0.15) is 0 Å². The summed E-state index contributed by atoms with van der Waals surface area (Å²) < 4.78 is 0. The average molecular weight is 204 g/mol. The van der Waals surface area contributed by atoms with Crippen molar-refractivity contribution in [2.24, 2.45) is 5.73 Å². The smallest absolute Gasteiger partial charge is 0.0366 e. The molecule has 1 aromatic rings. The first kappa shape index (κ1) is 11.8. The molecule has 15 heavy (non-hydrogen) atoms. The molecule has 0 saturated heterocycles. The zero-order valence-electron chi connectivity index (χ0n) is 9.61. The molecule has 82 valence electrons. The van der Waals surface area contributed by atoms with Gasteiger partial charge in [-0.05, 0) is 24.1 Å². The van der Waals surface area contributed by atoms with Crippen molar-refractivity contribution in [3.63, 3.8) is 0 Å². The lowest BCUT2D eigenvalue weighted by Gasteiger charge is -2.18. The molecule has 1 rings (SSSR count). The fraction of sp³-hybridized carbons (Fsp3) is 0.385. The van der Waals surface area contributed by atoms with Gasteiger partial charge in [0.05, 0.1) is 0 Å². The lowest BCUT2D eigenvalue weighted by atomic mass is 10.1. The van der Waals surface area contributed by atoms with Gasteiger partial charge in [-0.25, -0.2) is 0 Å². The molecule has 2 heteroatoms. The molecule has 0 fully saturated rings. The first-order chi connectivity index (χ1) is 7.19. The number of benzene rings is 1. The van der Waals surface area contributed by atoms with E-state index in [9.17, 15) is 0 Å². The summed E-state index contributed by atoms with van der Waals surface area (Å²) in [4.78, 5) is 2.15. The second-order valence-corrected chi connectivity index (χ2v) is 3.78. The molecule has 0 unspecified atom stereocenters. The Balaban J connectivity index is 2.75. The Hall–Kier alpha value is -1.28. The van der Waals surface area contributed by atoms with Crippen molar-refractivity contribution >= 4 is 5.69 Å². The van der Waals surface area contributed by atoms with Crippen LogP contribution in [0.15, 0.2) is 36.9 Å². The average Bonchev–Trinajstić information content (AvgIpc) is 2.28. The Morgan fingerprint density at radius 2 is 2.00 bits per heavy atom. The molecule has 0 aliphatic rings. The highest BCUT2D eigenvalue weighted by Crippen LogP contribution is 2.18. The molecule has 2 N–H and O–H groups in total. The maximum atomic E-state index is 5.95. The van der Waals surface area contributed by atoms with Gasteiger partial charge in [0.2, 0.25) is 0 Å². The van der Waals surface area contributed by atoms with Gasteiger partial charge in [-0.15, -0.1) is 6.58 Å². The van der Waals surface area contributed by atoms with Crippen LogP contribution in [0.1, 0.15) is 24.9 Å². The molecule has 0 amide bonds. The molecule has 0 aliphatic heterocycles. The van der Waals surface area contributed by atoms with Crippen molar-refractivity contribution < 1.29 is 0 Å². The van der Waals surface area contributed by atoms with Crippen LogP contribution in [-0.4, -0.2) is 13.6 Å². The molecule has 0 radical (unpaired) electrons. The van der Waals surface area contributed by atoms with E-state index in [2.05, 4.69) is 49.7 Å². The fourth-order valence-electron chi connectivity index (χ4n) is 1.51. The lowest BCUT2D eigenvalue weighted by molar-refractivity contribution is 0.698. The SMILES string of the molecule is C=CCN(C)c1ccc([C@@H](N)CC)cc1. The summed E-state index contributed by atoms with van der Waals surface area (Å²) in [5.41, 5.74) is 8.35. The summed E-state index contributed by atoms with van der Waals surface area (Å²) in [6, 6.07) is 8.57. The topological polar surface area (TPSA) is 29.3 Å². The van der Waals surface area contributed by atoms with Crippen molar-refractivity contribution in [1.82, 2.24) is 0 Å². The summed E-state index contributed by atoms with van der Waals surface area (Å²) in [5, 5.41) is 0. The monoisotopic (exact) mass is 204 g/mol. The normalized spacial score (nSPS) is 12.2. The van der Waals surface area contributed by atoms with Gasteiger partial charge in [-0.1, -0.05) is 25.1 Å². The van der Waals surface area contributed by atoms with Crippen molar-refractivity contribution in [3.8, 4) is 0 Å². The van der Waals surface area contributed by atoms with Gasteiger partial charge in [-0.3, -0.25) is 0 Å². The Kier molecular flexibility index (Phi) is 4.37. The van der Waals surface area contributed by atoms with Crippen molar-refractivity contribution in [1.29, 1.82) is 0 Å². The molecule has 0 aromatic heterocycles. The number of nitrogens with two attached hydrogens (primary N) is 1. The number of nitrogens with zero attached hydrogens (tertiary/aromatic N) is 1. The third-order valence-corrected chi connectivity index (χ3v) is 2.60. The van der Waals surface area contributed by atoms with E-state index in [1.807, 2.05) is 6.08 Å². The Morgan fingerprint density at radius 3 is 2.47 bits per heavy atom. The predicted octanol–water partition coefficient (Wildman–Crippen LogP) is 2.72. The maximum absolute atomic E-state index is 5.95. The van der Waals surface area contributed by atoms with E-state index >= 15 is 0 Å². The zero-order valence-corrected chi connectivity index (χ0v) is 9.61. The highest BCUT2D eigenvalue weighted by molar-refractivity contribution is 5.47. The number of likely N-dealkylation sites (N-methyl/N-ethyl adjacent to an activating group) is 1. The standard InChI is InChI=1S/C13H20N2/c1-4-10-15(3)12-8-6-11(7-9-12)13(14)5-2/h4,6-9,13H,1,5,10,14H2,2-3H3/t13-/m0/s1. The van der Waals surface area contributed by atoms with Gasteiger partial charge in [0.1, 0.15) is 0 Å². The third-order valence-electron chi connectivity index (χ3n) is 2.60. The highest BCUT2D eigenvalue weighted by Gasteiger charge is 2.03. The van der Waals surface area contributed by atoms with Crippen LogP contribution in [0.25, 0.3) is 0 Å². The molecular formula is C13H20N2. The third kappa shape index (κ3) is 3.10. The lowest BCUT2D eigenvalue weighted by Crippen LogP contribution is -2.16. The van der Waals surface area contributed by atoms with Gasteiger partial charge < -0.3 is 10.6 Å². The highest BCUT2D eigenvalue weighted by atomic mass is 15.1. The Bertz CT molecular complexity index is 303. The minimum Gasteiger partial charge on any atom is -0.371 e. The van der Waals surface area contributed by atoms with E-state index in [1.54, 1.807) is 0 Å². The summed E-state index contributed by atoms with van der Waals surface area (Å²) in [5.74, 6) is 0. The van der Waals surface area contributed by atoms with Crippen LogP contribution < -0.4 is 10.6 Å². The molecule has 2 nitrogen and oxygen atoms in total. The Labute approximate surface area is 92.4 Å². The van der Waals surface area contributed by atoms with Gasteiger partial charge in [0, 0.05) is 25.3 Å². The van der Waals surface area contributed by atoms with Crippen LogP contribution in [0.3, 0.4) is 0 Å². The molecule has 1 aromatic carbocycles. The van der Waals surface area contributed by atoms with Crippen LogP contribution in [-0.2, 0) is 0 Å². The predicted molar refractivity (Wildman–Crippen MR) is 67.1 cm³/mol. The molecular weight excluding hydrogens is 184 g/mol. The summed E-state index contributed by atoms with van der Waals surface area (Å²) in [6.07, 6.45) is 2.87. The van der Waals surface area contributed by atoms with Gasteiger partial charge in [0.15, 0.2) is 0 Å². The number of hydrogen-bond acceptors (Lipinski definition) is 2. The van der Waals surface area contributed by atoms with Crippen LogP contribution >= 0.6 is 0 Å². The van der Waals surface area contributed by atoms with Crippen LogP contribution in [0.2, 0.25) is 0 Å². The van der Waals surface area contributed by atoms with E-state index in [0.29, 0.717) is 0 Å². The minimum absolute atomic E-state index is 0.156. The maximum Gasteiger partial charge on any atom is 0.0366 e. The van der Waals surface area contributed by atoms with Crippen molar-refractivity contribution in [3.05, 3.63) is 42.5 Å². The molecule has 0 spiro atoms. The van der Waals surface area contributed by atoms with E-state index in [4.69, 9.17) is 5.73 Å². The quantitative estimate of drug-likeness (QED) is 0.747. The van der Waals surface area contributed by atoms with E-state index in [1.165, 1.54) is 11.3 Å². The number of anilines is 1. The van der Waals surface area contributed by atoms with Gasteiger partial charge in [0.25, 0.3) is 0 Å².